The van der Waals surface area contributed by atoms with Crippen LogP contribution in [0.15, 0.2) is 30.6 Å². The van der Waals surface area contributed by atoms with Crippen LogP contribution < -0.4 is 5.32 Å². The fourth-order valence-electron chi connectivity index (χ4n) is 1.98. The lowest BCUT2D eigenvalue weighted by Gasteiger charge is -2.09. The molecule has 1 N–H and O–H groups in total. The number of imidazole rings is 1. The van der Waals surface area contributed by atoms with Gasteiger partial charge in [0.1, 0.15) is 5.82 Å². The SMILES string of the molecule is CCn1ccnc1NCCc1ccc(F)cc1C. The lowest BCUT2D eigenvalue weighted by atomic mass is 10.1. The minimum absolute atomic E-state index is 0.175. The molecule has 1 heterocycles. The van der Waals surface area contributed by atoms with Crippen LogP contribution in [0.2, 0.25) is 0 Å². The Hall–Kier alpha value is -1.84. The molecule has 0 unspecified atom stereocenters. The molecule has 4 heteroatoms. The van der Waals surface area contributed by atoms with Crippen molar-refractivity contribution in [1.82, 2.24) is 9.55 Å². The van der Waals surface area contributed by atoms with E-state index < -0.39 is 0 Å². The number of hydrogen-bond donors (Lipinski definition) is 1. The molecule has 0 spiro atoms. The molecule has 0 fully saturated rings. The van der Waals surface area contributed by atoms with Gasteiger partial charge >= 0.3 is 0 Å². The molecule has 0 aliphatic carbocycles. The average Bonchev–Trinajstić information content (AvgIpc) is 2.79. The molecule has 2 aromatic rings. The Balaban J connectivity index is 1.92. The second kappa shape index (κ2) is 5.67. The van der Waals surface area contributed by atoms with Gasteiger partial charge in [-0.1, -0.05) is 6.07 Å². The van der Waals surface area contributed by atoms with Gasteiger partial charge in [-0.2, -0.15) is 0 Å². The highest BCUT2D eigenvalue weighted by Gasteiger charge is 2.02. The molecule has 2 rings (SSSR count). The number of anilines is 1. The van der Waals surface area contributed by atoms with Crippen molar-refractivity contribution in [3.63, 3.8) is 0 Å². The van der Waals surface area contributed by atoms with Crippen molar-refractivity contribution in [2.75, 3.05) is 11.9 Å². The summed E-state index contributed by atoms with van der Waals surface area (Å²) in [7, 11) is 0. The summed E-state index contributed by atoms with van der Waals surface area (Å²) in [5.74, 6) is 0.711. The number of nitrogens with zero attached hydrogens (tertiary/aromatic N) is 2. The molecule has 1 aromatic carbocycles. The third-order valence-electron chi connectivity index (χ3n) is 3.04. The Morgan fingerprint density at radius 2 is 2.22 bits per heavy atom. The largest absolute Gasteiger partial charge is 0.355 e. The highest BCUT2D eigenvalue weighted by Crippen LogP contribution is 2.11. The number of aromatic nitrogens is 2. The third-order valence-corrected chi connectivity index (χ3v) is 3.04. The molecule has 96 valence electrons. The van der Waals surface area contributed by atoms with E-state index in [4.69, 9.17) is 0 Å². The zero-order valence-corrected chi connectivity index (χ0v) is 10.8. The van der Waals surface area contributed by atoms with Crippen LogP contribution in [0.3, 0.4) is 0 Å². The molecule has 0 amide bonds. The van der Waals surface area contributed by atoms with Crippen LogP contribution in [-0.4, -0.2) is 16.1 Å². The first kappa shape index (κ1) is 12.6. The second-order valence-electron chi connectivity index (χ2n) is 4.28. The summed E-state index contributed by atoms with van der Waals surface area (Å²) < 4.78 is 15.0. The number of rotatable bonds is 5. The molecule has 0 bridgehead atoms. The van der Waals surface area contributed by atoms with Crippen molar-refractivity contribution in [2.45, 2.75) is 26.8 Å². The molecule has 0 radical (unpaired) electrons. The summed E-state index contributed by atoms with van der Waals surface area (Å²) in [4.78, 5) is 4.25. The van der Waals surface area contributed by atoms with Gasteiger partial charge in [0.25, 0.3) is 0 Å². The molecule has 1 aromatic heterocycles. The number of hydrogen-bond acceptors (Lipinski definition) is 2. The van der Waals surface area contributed by atoms with Gasteiger partial charge < -0.3 is 9.88 Å². The summed E-state index contributed by atoms with van der Waals surface area (Å²) in [6.45, 7) is 5.71. The van der Waals surface area contributed by atoms with E-state index >= 15 is 0 Å². The number of benzene rings is 1. The Kier molecular flexibility index (Phi) is 3.97. The van der Waals surface area contributed by atoms with E-state index in [0.29, 0.717) is 0 Å². The van der Waals surface area contributed by atoms with Crippen molar-refractivity contribution in [3.8, 4) is 0 Å². The number of aryl methyl sites for hydroxylation is 2. The van der Waals surface area contributed by atoms with Crippen molar-refractivity contribution < 1.29 is 4.39 Å². The van der Waals surface area contributed by atoms with Crippen LogP contribution in [0.25, 0.3) is 0 Å². The standard InChI is InChI=1S/C14H18FN3/c1-3-18-9-8-17-14(18)16-7-6-12-4-5-13(15)10-11(12)2/h4-5,8-10H,3,6-7H2,1-2H3,(H,16,17). The predicted octanol–water partition coefficient (Wildman–Crippen LogP) is 3.01. The van der Waals surface area contributed by atoms with Crippen LogP contribution in [0.4, 0.5) is 10.3 Å². The van der Waals surface area contributed by atoms with E-state index in [1.807, 2.05) is 19.2 Å². The lowest BCUT2D eigenvalue weighted by Crippen LogP contribution is -2.10. The minimum atomic E-state index is -0.175. The minimum Gasteiger partial charge on any atom is -0.355 e. The monoisotopic (exact) mass is 247 g/mol. The van der Waals surface area contributed by atoms with Gasteiger partial charge in [-0.05, 0) is 43.5 Å². The molecule has 0 saturated carbocycles. The third kappa shape index (κ3) is 2.88. The van der Waals surface area contributed by atoms with Gasteiger partial charge in [0.2, 0.25) is 5.95 Å². The Morgan fingerprint density at radius 3 is 2.94 bits per heavy atom. The maximum absolute atomic E-state index is 13.0. The van der Waals surface area contributed by atoms with Crippen LogP contribution in [0.1, 0.15) is 18.1 Å². The lowest BCUT2D eigenvalue weighted by molar-refractivity contribution is 0.625. The summed E-state index contributed by atoms with van der Waals surface area (Å²) in [6.07, 6.45) is 4.60. The topological polar surface area (TPSA) is 29.9 Å². The van der Waals surface area contributed by atoms with Crippen molar-refractivity contribution in [2.24, 2.45) is 0 Å². The van der Waals surface area contributed by atoms with Crippen LogP contribution >= 0.6 is 0 Å². The van der Waals surface area contributed by atoms with E-state index in [1.54, 1.807) is 12.3 Å². The first-order valence-electron chi connectivity index (χ1n) is 6.20. The highest BCUT2D eigenvalue weighted by atomic mass is 19.1. The zero-order chi connectivity index (χ0) is 13.0. The highest BCUT2D eigenvalue weighted by molar-refractivity contribution is 5.30. The Labute approximate surface area is 107 Å². The van der Waals surface area contributed by atoms with E-state index in [9.17, 15) is 4.39 Å². The second-order valence-corrected chi connectivity index (χ2v) is 4.28. The number of nitrogens with one attached hydrogen (secondary N) is 1. The first-order chi connectivity index (χ1) is 8.70. The predicted molar refractivity (Wildman–Crippen MR) is 71.2 cm³/mol. The number of halogens is 1. The van der Waals surface area contributed by atoms with Gasteiger partial charge in [0.15, 0.2) is 0 Å². The van der Waals surface area contributed by atoms with Crippen molar-refractivity contribution in [1.29, 1.82) is 0 Å². The van der Waals surface area contributed by atoms with Crippen LogP contribution in [0.5, 0.6) is 0 Å². The molecule has 0 aliphatic heterocycles. The zero-order valence-electron chi connectivity index (χ0n) is 10.8. The van der Waals surface area contributed by atoms with E-state index in [0.717, 1.165) is 31.0 Å². The molecular weight excluding hydrogens is 229 g/mol. The molecule has 18 heavy (non-hydrogen) atoms. The molecule has 0 saturated heterocycles. The van der Waals surface area contributed by atoms with Crippen molar-refractivity contribution in [3.05, 3.63) is 47.5 Å². The normalized spacial score (nSPS) is 10.6. The summed E-state index contributed by atoms with van der Waals surface area (Å²) in [5, 5.41) is 3.29. The molecule has 0 atom stereocenters. The van der Waals surface area contributed by atoms with Gasteiger partial charge in [-0.15, -0.1) is 0 Å². The van der Waals surface area contributed by atoms with E-state index in [2.05, 4.69) is 21.8 Å². The van der Waals surface area contributed by atoms with Gasteiger partial charge in [0.05, 0.1) is 0 Å². The summed E-state index contributed by atoms with van der Waals surface area (Å²) in [6, 6.07) is 4.93. The Bertz CT molecular complexity index is 520. The average molecular weight is 247 g/mol. The van der Waals surface area contributed by atoms with Crippen molar-refractivity contribution >= 4 is 5.95 Å². The van der Waals surface area contributed by atoms with Crippen LogP contribution in [0, 0.1) is 12.7 Å². The summed E-state index contributed by atoms with van der Waals surface area (Å²) >= 11 is 0. The smallest absolute Gasteiger partial charge is 0.202 e. The first-order valence-corrected chi connectivity index (χ1v) is 6.20. The van der Waals surface area contributed by atoms with Crippen LogP contribution in [-0.2, 0) is 13.0 Å². The Morgan fingerprint density at radius 1 is 1.39 bits per heavy atom. The maximum atomic E-state index is 13.0. The van der Waals surface area contributed by atoms with Gasteiger partial charge in [-0.3, -0.25) is 0 Å². The maximum Gasteiger partial charge on any atom is 0.202 e. The summed E-state index contributed by atoms with van der Waals surface area (Å²) in [5.41, 5.74) is 2.16. The quantitative estimate of drug-likeness (QED) is 0.880. The van der Waals surface area contributed by atoms with Gasteiger partial charge in [-0.25, -0.2) is 9.37 Å². The van der Waals surface area contributed by atoms with E-state index in [-0.39, 0.29) is 5.82 Å². The fraction of sp³-hybridized carbons (Fsp3) is 0.357. The van der Waals surface area contributed by atoms with E-state index in [1.165, 1.54) is 11.6 Å². The van der Waals surface area contributed by atoms with Gasteiger partial charge in [0, 0.05) is 25.5 Å². The molecular formula is C14H18FN3. The molecule has 3 nitrogen and oxygen atoms in total. The fourth-order valence-corrected chi connectivity index (χ4v) is 1.98. The molecule has 0 aliphatic rings.